The lowest BCUT2D eigenvalue weighted by Gasteiger charge is -2.30. The summed E-state index contributed by atoms with van der Waals surface area (Å²) in [5.74, 6) is -0.200. The van der Waals surface area contributed by atoms with Crippen LogP contribution < -0.4 is 5.73 Å². The van der Waals surface area contributed by atoms with E-state index < -0.39 is 0 Å². The molecule has 0 bridgehead atoms. The molecule has 17 heavy (non-hydrogen) atoms. The topological polar surface area (TPSA) is 29.3 Å². The van der Waals surface area contributed by atoms with Crippen molar-refractivity contribution in [3.63, 3.8) is 0 Å². The van der Waals surface area contributed by atoms with Crippen molar-refractivity contribution in [3.05, 3.63) is 34.1 Å². The molecule has 1 atom stereocenters. The van der Waals surface area contributed by atoms with E-state index in [4.69, 9.17) is 5.73 Å². The van der Waals surface area contributed by atoms with Crippen molar-refractivity contribution >= 4 is 15.9 Å². The maximum absolute atomic E-state index is 13.1. The van der Waals surface area contributed by atoms with Crippen LogP contribution in [0.3, 0.4) is 0 Å². The third-order valence-corrected chi connectivity index (χ3v) is 3.85. The molecular weight excluding hydrogens is 283 g/mol. The maximum atomic E-state index is 13.1. The van der Waals surface area contributed by atoms with Crippen molar-refractivity contribution in [1.82, 2.24) is 4.90 Å². The third-order valence-electron chi connectivity index (χ3n) is 3.24. The molecule has 0 spiro atoms. The van der Waals surface area contributed by atoms with E-state index in [-0.39, 0.29) is 5.82 Å². The molecule has 1 saturated heterocycles. The van der Waals surface area contributed by atoms with Gasteiger partial charge in [-0.1, -0.05) is 6.07 Å². The van der Waals surface area contributed by atoms with E-state index in [1.807, 2.05) is 12.1 Å². The average molecular weight is 301 g/mol. The Bertz CT molecular complexity index is 384. The van der Waals surface area contributed by atoms with Gasteiger partial charge in [-0.05, 0) is 59.4 Å². The Kier molecular flexibility index (Phi) is 4.54. The molecule has 0 aromatic heterocycles. The predicted octanol–water partition coefficient (Wildman–Crippen LogP) is 2.55. The van der Waals surface area contributed by atoms with Crippen molar-refractivity contribution in [1.29, 1.82) is 0 Å². The highest BCUT2D eigenvalue weighted by Crippen LogP contribution is 2.17. The Hall–Kier alpha value is -0.450. The van der Waals surface area contributed by atoms with Crippen molar-refractivity contribution in [2.75, 3.05) is 19.6 Å². The van der Waals surface area contributed by atoms with Crippen LogP contribution in [0.2, 0.25) is 0 Å². The van der Waals surface area contributed by atoms with Crippen molar-refractivity contribution in [2.45, 2.75) is 25.3 Å². The summed E-state index contributed by atoms with van der Waals surface area (Å²) in [6.07, 6.45) is 3.28. The van der Waals surface area contributed by atoms with E-state index in [0.29, 0.717) is 10.5 Å². The van der Waals surface area contributed by atoms with Crippen LogP contribution in [-0.2, 0) is 6.42 Å². The molecule has 1 aliphatic heterocycles. The van der Waals surface area contributed by atoms with Gasteiger partial charge < -0.3 is 10.6 Å². The van der Waals surface area contributed by atoms with E-state index in [1.54, 1.807) is 0 Å². The molecule has 4 heteroatoms. The smallest absolute Gasteiger partial charge is 0.137 e. The molecule has 1 aromatic carbocycles. The molecule has 1 heterocycles. The molecule has 0 radical (unpaired) electrons. The first-order valence-electron chi connectivity index (χ1n) is 6.07. The summed E-state index contributed by atoms with van der Waals surface area (Å²) in [6, 6.07) is 5.55. The Labute approximate surface area is 110 Å². The molecule has 0 saturated carbocycles. The number of halogens is 2. The highest BCUT2D eigenvalue weighted by molar-refractivity contribution is 9.10. The Morgan fingerprint density at radius 1 is 1.47 bits per heavy atom. The van der Waals surface area contributed by atoms with Crippen LogP contribution in [0.15, 0.2) is 22.7 Å². The van der Waals surface area contributed by atoms with E-state index in [0.717, 1.165) is 38.0 Å². The van der Waals surface area contributed by atoms with Gasteiger partial charge in [-0.25, -0.2) is 4.39 Å². The molecule has 1 aliphatic rings. The Morgan fingerprint density at radius 3 is 3.00 bits per heavy atom. The molecule has 0 unspecified atom stereocenters. The van der Waals surface area contributed by atoms with E-state index in [2.05, 4.69) is 20.8 Å². The fraction of sp³-hybridized carbons (Fsp3) is 0.538. The van der Waals surface area contributed by atoms with Crippen LogP contribution >= 0.6 is 15.9 Å². The highest BCUT2D eigenvalue weighted by atomic mass is 79.9. The van der Waals surface area contributed by atoms with Gasteiger partial charge >= 0.3 is 0 Å². The number of nitrogens with two attached hydrogens (primary N) is 1. The first-order valence-corrected chi connectivity index (χ1v) is 6.86. The minimum absolute atomic E-state index is 0.200. The zero-order valence-corrected chi connectivity index (χ0v) is 11.4. The molecule has 1 aromatic rings. The number of piperidine rings is 1. The SMILES string of the molecule is N[C@H]1CCCN(CCc2ccc(F)c(Br)c2)C1. The second kappa shape index (κ2) is 5.94. The van der Waals surface area contributed by atoms with Gasteiger partial charge in [0, 0.05) is 19.1 Å². The van der Waals surface area contributed by atoms with Gasteiger partial charge in [-0.15, -0.1) is 0 Å². The molecule has 2 nitrogen and oxygen atoms in total. The fourth-order valence-corrected chi connectivity index (χ4v) is 2.70. The molecule has 2 N–H and O–H groups in total. The van der Waals surface area contributed by atoms with Crippen LogP contribution in [0, 0.1) is 5.82 Å². The lowest BCUT2D eigenvalue weighted by atomic mass is 10.1. The number of hydrogen-bond donors (Lipinski definition) is 1. The summed E-state index contributed by atoms with van der Waals surface area (Å²) in [5.41, 5.74) is 7.10. The number of likely N-dealkylation sites (tertiary alicyclic amines) is 1. The monoisotopic (exact) mass is 300 g/mol. The van der Waals surface area contributed by atoms with E-state index in [9.17, 15) is 4.39 Å². The summed E-state index contributed by atoms with van der Waals surface area (Å²) < 4.78 is 13.6. The number of nitrogens with zero attached hydrogens (tertiary/aromatic N) is 1. The van der Waals surface area contributed by atoms with Crippen molar-refractivity contribution < 1.29 is 4.39 Å². The average Bonchev–Trinajstić information content (AvgIpc) is 2.31. The van der Waals surface area contributed by atoms with Crippen LogP contribution in [0.1, 0.15) is 18.4 Å². The zero-order valence-electron chi connectivity index (χ0n) is 9.83. The lowest BCUT2D eigenvalue weighted by molar-refractivity contribution is 0.211. The van der Waals surface area contributed by atoms with Crippen LogP contribution in [0.25, 0.3) is 0 Å². The fourth-order valence-electron chi connectivity index (χ4n) is 2.28. The van der Waals surface area contributed by atoms with Gasteiger partial charge in [-0.2, -0.15) is 0 Å². The van der Waals surface area contributed by atoms with Gasteiger partial charge in [0.15, 0.2) is 0 Å². The summed E-state index contributed by atoms with van der Waals surface area (Å²) in [7, 11) is 0. The van der Waals surface area contributed by atoms with Crippen LogP contribution in [0.4, 0.5) is 4.39 Å². The van der Waals surface area contributed by atoms with Crippen LogP contribution in [0.5, 0.6) is 0 Å². The maximum Gasteiger partial charge on any atom is 0.137 e. The second-order valence-corrected chi connectivity index (χ2v) is 5.56. The summed E-state index contributed by atoms with van der Waals surface area (Å²) >= 11 is 3.21. The molecule has 2 rings (SSSR count). The molecular formula is C13H18BrFN2. The predicted molar refractivity (Wildman–Crippen MR) is 71.5 cm³/mol. The second-order valence-electron chi connectivity index (χ2n) is 4.70. The quantitative estimate of drug-likeness (QED) is 0.929. The minimum Gasteiger partial charge on any atom is -0.327 e. The lowest BCUT2D eigenvalue weighted by Crippen LogP contribution is -2.43. The van der Waals surface area contributed by atoms with Gasteiger partial charge in [0.05, 0.1) is 4.47 Å². The standard InChI is InChI=1S/C13H18BrFN2/c14-12-8-10(3-4-13(12)15)5-7-17-6-1-2-11(16)9-17/h3-4,8,11H,1-2,5-7,9,16H2/t11-/m0/s1. The molecule has 0 aliphatic carbocycles. The van der Waals surface area contributed by atoms with E-state index in [1.165, 1.54) is 12.5 Å². The van der Waals surface area contributed by atoms with Crippen LogP contribution in [-0.4, -0.2) is 30.6 Å². The van der Waals surface area contributed by atoms with Gasteiger partial charge in [-0.3, -0.25) is 0 Å². The summed E-state index contributed by atoms with van der Waals surface area (Å²) in [6.45, 7) is 3.13. The number of benzene rings is 1. The first-order chi connectivity index (χ1) is 8.15. The largest absolute Gasteiger partial charge is 0.327 e. The normalized spacial score (nSPS) is 21.7. The third kappa shape index (κ3) is 3.76. The van der Waals surface area contributed by atoms with Crippen molar-refractivity contribution in [3.8, 4) is 0 Å². The molecule has 1 fully saturated rings. The summed E-state index contributed by atoms with van der Waals surface area (Å²) in [5, 5.41) is 0. The first kappa shape index (κ1) is 13.0. The summed E-state index contributed by atoms with van der Waals surface area (Å²) in [4.78, 5) is 2.39. The van der Waals surface area contributed by atoms with Crippen molar-refractivity contribution in [2.24, 2.45) is 5.73 Å². The number of rotatable bonds is 3. The van der Waals surface area contributed by atoms with E-state index >= 15 is 0 Å². The molecule has 0 amide bonds. The highest BCUT2D eigenvalue weighted by Gasteiger charge is 2.16. The van der Waals surface area contributed by atoms with Gasteiger partial charge in [0.1, 0.15) is 5.82 Å². The Morgan fingerprint density at radius 2 is 2.29 bits per heavy atom. The van der Waals surface area contributed by atoms with Gasteiger partial charge in [0.25, 0.3) is 0 Å². The van der Waals surface area contributed by atoms with Gasteiger partial charge in [0.2, 0.25) is 0 Å². The Balaban J connectivity index is 1.86. The number of hydrogen-bond acceptors (Lipinski definition) is 2. The minimum atomic E-state index is -0.200. The molecule has 94 valence electrons. The zero-order chi connectivity index (χ0) is 12.3.